The highest BCUT2D eigenvalue weighted by atomic mass is 19.1. The van der Waals surface area contributed by atoms with E-state index in [1.54, 1.807) is 30.5 Å². The second-order valence-electron chi connectivity index (χ2n) is 6.23. The van der Waals surface area contributed by atoms with Gasteiger partial charge in [0, 0.05) is 24.2 Å². The standard InChI is InChI=1S/C19H21FN2O2/c20-15-9-7-13(8-10-15)18-16(5-3-11-21-18)19(24)22-12-14-4-1-2-6-17(14)23/h3,5,7-11,14,17,23H,1-2,4,6,12H2,(H,22,24). The summed E-state index contributed by atoms with van der Waals surface area (Å²) < 4.78 is 13.1. The lowest BCUT2D eigenvalue weighted by Crippen LogP contribution is -2.36. The van der Waals surface area contributed by atoms with Gasteiger partial charge >= 0.3 is 0 Å². The van der Waals surface area contributed by atoms with Crippen LogP contribution in [0.25, 0.3) is 11.3 Å². The number of carbonyl (C=O) groups excluding carboxylic acids is 1. The molecule has 1 aliphatic rings. The van der Waals surface area contributed by atoms with Gasteiger partial charge in [0.15, 0.2) is 0 Å². The number of benzene rings is 1. The van der Waals surface area contributed by atoms with Gasteiger partial charge < -0.3 is 10.4 Å². The predicted molar refractivity (Wildman–Crippen MR) is 89.9 cm³/mol. The van der Waals surface area contributed by atoms with Crippen molar-refractivity contribution >= 4 is 5.91 Å². The lowest BCUT2D eigenvalue weighted by atomic mass is 9.86. The first kappa shape index (κ1) is 16.6. The van der Waals surface area contributed by atoms with Gasteiger partial charge in [-0.25, -0.2) is 4.39 Å². The van der Waals surface area contributed by atoms with Gasteiger partial charge in [-0.3, -0.25) is 9.78 Å². The molecule has 0 aliphatic heterocycles. The van der Waals surface area contributed by atoms with Crippen molar-refractivity contribution in [3.8, 4) is 11.3 Å². The predicted octanol–water partition coefficient (Wildman–Crippen LogP) is 3.17. The van der Waals surface area contributed by atoms with Gasteiger partial charge in [0.05, 0.1) is 17.4 Å². The first-order chi connectivity index (χ1) is 11.6. The molecule has 0 radical (unpaired) electrons. The molecule has 5 heteroatoms. The number of hydrogen-bond acceptors (Lipinski definition) is 3. The fraction of sp³-hybridized carbons (Fsp3) is 0.368. The van der Waals surface area contributed by atoms with E-state index in [9.17, 15) is 14.3 Å². The van der Waals surface area contributed by atoms with Crippen molar-refractivity contribution in [3.63, 3.8) is 0 Å². The fourth-order valence-corrected chi connectivity index (χ4v) is 3.17. The van der Waals surface area contributed by atoms with Crippen LogP contribution in [0.3, 0.4) is 0 Å². The molecule has 0 bridgehead atoms. The quantitative estimate of drug-likeness (QED) is 0.906. The van der Waals surface area contributed by atoms with Crippen molar-refractivity contribution < 1.29 is 14.3 Å². The molecule has 1 amide bonds. The smallest absolute Gasteiger partial charge is 0.253 e. The zero-order valence-corrected chi connectivity index (χ0v) is 13.4. The second-order valence-corrected chi connectivity index (χ2v) is 6.23. The molecule has 1 aromatic carbocycles. The third-order valence-electron chi connectivity index (χ3n) is 4.56. The van der Waals surface area contributed by atoms with E-state index in [4.69, 9.17) is 0 Å². The van der Waals surface area contributed by atoms with Crippen molar-refractivity contribution in [2.75, 3.05) is 6.54 Å². The van der Waals surface area contributed by atoms with Crippen LogP contribution in [0.15, 0.2) is 42.6 Å². The number of halogens is 1. The number of nitrogens with zero attached hydrogens (tertiary/aromatic N) is 1. The molecule has 2 atom stereocenters. The number of hydrogen-bond donors (Lipinski definition) is 2. The average Bonchev–Trinajstić information content (AvgIpc) is 2.61. The van der Waals surface area contributed by atoms with Crippen LogP contribution in [0.2, 0.25) is 0 Å². The van der Waals surface area contributed by atoms with Crippen LogP contribution in [0.4, 0.5) is 4.39 Å². The van der Waals surface area contributed by atoms with E-state index in [0.717, 1.165) is 25.7 Å². The molecular weight excluding hydrogens is 307 g/mol. The summed E-state index contributed by atoms with van der Waals surface area (Å²) in [4.78, 5) is 16.8. The Morgan fingerprint density at radius 3 is 2.71 bits per heavy atom. The average molecular weight is 328 g/mol. The molecule has 0 spiro atoms. The molecule has 4 nitrogen and oxygen atoms in total. The van der Waals surface area contributed by atoms with Crippen LogP contribution in [0.1, 0.15) is 36.0 Å². The van der Waals surface area contributed by atoms with Crippen LogP contribution < -0.4 is 5.32 Å². The van der Waals surface area contributed by atoms with Crippen LogP contribution >= 0.6 is 0 Å². The molecule has 1 aromatic heterocycles. The number of aliphatic hydroxyl groups excluding tert-OH is 1. The van der Waals surface area contributed by atoms with Crippen molar-refractivity contribution in [3.05, 3.63) is 54.0 Å². The fourth-order valence-electron chi connectivity index (χ4n) is 3.17. The summed E-state index contributed by atoms with van der Waals surface area (Å²) in [5.74, 6) is -0.444. The summed E-state index contributed by atoms with van der Waals surface area (Å²) in [7, 11) is 0. The van der Waals surface area contributed by atoms with Gasteiger partial charge in [-0.05, 0) is 49.2 Å². The number of nitrogens with one attached hydrogen (secondary N) is 1. The molecule has 2 unspecified atom stereocenters. The lowest BCUT2D eigenvalue weighted by Gasteiger charge is -2.27. The number of aromatic nitrogens is 1. The molecular formula is C19H21FN2O2. The number of pyridine rings is 1. The first-order valence-corrected chi connectivity index (χ1v) is 8.32. The zero-order valence-electron chi connectivity index (χ0n) is 13.4. The highest BCUT2D eigenvalue weighted by Crippen LogP contribution is 2.24. The number of amides is 1. The molecule has 126 valence electrons. The minimum Gasteiger partial charge on any atom is -0.393 e. The number of carbonyl (C=O) groups is 1. The minimum atomic E-state index is -0.343. The maximum Gasteiger partial charge on any atom is 0.253 e. The van der Waals surface area contributed by atoms with Crippen LogP contribution in [0.5, 0.6) is 0 Å². The van der Waals surface area contributed by atoms with E-state index in [1.165, 1.54) is 12.1 Å². The summed E-state index contributed by atoms with van der Waals surface area (Å²) in [5.41, 5.74) is 1.67. The van der Waals surface area contributed by atoms with Gasteiger partial charge in [0.2, 0.25) is 0 Å². The molecule has 0 saturated heterocycles. The topological polar surface area (TPSA) is 62.2 Å². The van der Waals surface area contributed by atoms with Gasteiger partial charge in [0.25, 0.3) is 5.91 Å². The molecule has 1 saturated carbocycles. The van der Waals surface area contributed by atoms with Gasteiger partial charge in [-0.15, -0.1) is 0 Å². The second kappa shape index (κ2) is 7.53. The zero-order chi connectivity index (χ0) is 16.9. The number of aliphatic hydroxyl groups is 1. The Labute approximate surface area is 140 Å². The molecule has 1 aliphatic carbocycles. The Kier molecular flexibility index (Phi) is 5.20. The molecule has 2 aromatic rings. The molecule has 3 rings (SSSR count). The molecule has 2 N–H and O–H groups in total. The largest absolute Gasteiger partial charge is 0.393 e. The SMILES string of the molecule is O=C(NCC1CCCCC1O)c1cccnc1-c1ccc(F)cc1. The third kappa shape index (κ3) is 3.79. The monoisotopic (exact) mass is 328 g/mol. The van der Waals surface area contributed by atoms with E-state index in [-0.39, 0.29) is 23.7 Å². The maximum absolute atomic E-state index is 13.1. The third-order valence-corrected chi connectivity index (χ3v) is 4.56. The molecule has 1 heterocycles. The van der Waals surface area contributed by atoms with Gasteiger partial charge in [-0.1, -0.05) is 12.8 Å². The van der Waals surface area contributed by atoms with E-state index in [1.807, 2.05) is 0 Å². The van der Waals surface area contributed by atoms with E-state index >= 15 is 0 Å². The minimum absolute atomic E-state index is 0.105. The first-order valence-electron chi connectivity index (χ1n) is 8.32. The Morgan fingerprint density at radius 1 is 1.21 bits per heavy atom. The highest BCUT2D eigenvalue weighted by Gasteiger charge is 2.24. The summed E-state index contributed by atoms with van der Waals surface area (Å²) in [5, 5.41) is 12.9. The molecule has 1 fully saturated rings. The van der Waals surface area contributed by atoms with Crippen LogP contribution in [-0.4, -0.2) is 28.6 Å². The Balaban J connectivity index is 1.74. The van der Waals surface area contributed by atoms with Crippen molar-refractivity contribution in [1.82, 2.24) is 10.3 Å². The van der Waals surface area contributed by atoms with E-state index in [2.05, 4.69) is 10.3 Å². The normalized spacial score (nSPS) is 20.6. The number of rotatable bonds is 4. The van der Waals surface area contributed by atoms with Crippen molar-refractivity contribution in [2.24, 2.45) is 5.92 Å². The highest BCUT2D eigenvalue weighted by molar-refractivity contribution is 5.99. The van der Waals surface area contributed by atoms with E-state index < -0.39 is 0 Å². The Morgan fingerprint density at radius 2 is 1.96 bits per heavy atom. The molecule has 24 heavy (non-hydrogen) atoms. The maximum atomic E-state index is 13.1. The van der Waals surface area contributed by atoms with Crippen molar-refractivity contribution in [1.29, 1.82) is 0 Å². The van der Waals surface area contributed by atoms with Crippen LogP contribution in [0, 0.1) is 11.7 Å². The lowest BCUT2D eigenvalue weighted by molar-refractivity contribution is 0.0663. The summed E-state index contributed by atoms with van der Waals surface area (Å²) >= 11 is 0. The van der Waals surface area contributed by atoms with Crippen LogP contribution in [-0.2, 0) is 0 Å². The van der Waals surface area contributed by atoms with Gasteiger partial charge in [0.1, 0.15) is 5.82 Å². The summed E-state index contributed by atoms with van der Waals surface area (Å²) in [6.07, 6.45) is 5.13. The Hall–Kier alpha value is -2.27. The van der Waals surface area contributed by atoms with Gasteiger partial charge in [-0.2, -0.15) is 0 Å². The van der Waals surface area contributed by atoms with E-state index in [0.29, 0.717) is 23.4 Å². The Bertz CT molecular complexity index is 703. The summed E-state index contributed by atoms with van der Waals surface area (Å²) in [6.45, 7) is 0.456. The van der Waals surface area contributed by atoms with Crippen molar-refractivity contribution in [2.45, 2.75) is 31.8 Å². The summed E-state index contributed by atoms with van der Waals surface area (Å²) in [6, 6.07) is 9.34.